The van der Waals surface area contributed by atoms with E-state index in [0.29, 0.717) is 0 Å². The molecule has 2 heterocycles. The standard InChI is InChI=1S/C16H12FN3O2S2/c1-8-11(17)4-10(14(18)21)5-12(8)19-15(22)13-7-24-16(20-13)9-2-3-23-6-9/h2-7H,1H3,(H2,18,21)(H,19,22). The summed E-state index contributed by atoms with van der Waals surface area (Å²) in [6, 6.07) is 4.32. The molecule has 0 saturated heterocycles. The number of halogens is 1. The number of primary amides is 1. The minimum Gasteiger partial charge on any atom is -0.366 e. The second-order valence-corrected chi connectivity index (χ2v) is 6.64. The summed E-state index contributed by atoms with van der Waals surface area (Å²) in [7, 11) is 0. The summed E-state index contributed by atoms with van der Waals surface area (Å²) in [5, 5.41) is 8.81. The Bertz CT molecular complexity index is 920. The Morgan fingerprint density at radius 2 is 2.08 bits per heavy atom. The molecule has 3 rings (SSSR count). The van der Waals surface area contributed by atoms with Gasteiger partial charge < -0.3 is 11.1 Å². The highest BCUT2D eigenvalue weighted by molar-refractivity contribution is 7.14. The number of hydrogen-bond donors (Lipinski definition) is 2. The maximum atomic E-state index is 13.9. The van der Waals surface area contributed by atoms with Crippen LogP contribution in [-0.4, -0.2) is 16.8 Å². The lowest BCUT2D eigenvalue weighted by molar-refractivity contribution is 0.0995. The Morgan fingerprint density at radius 1 is 1.29 bits per heavy atom. The fraction of sp³-hybridized carbons (Fsp3) is 0.0625. The molecule has 3 N–H and O–H groups in total. The van der Waals surface area contributed by atoms with Gasteiger partial charge >= 0.3 is 0 Å². The molecule has 8 heteroatoms. The maximum Gasteiger partial charge on any atom is 0.275 e. The van der Waals surface area contributed by atoms with Gasteiger partial charge in [0.25, 0.3) is 5.91 Å². The number of carbonyl (C=O) groups is 2. The van der Waals surface area contributed by atoms with Crippen LogP contribution in [0, 0.1) is 12.7 Å². The normalized spacial score (nSPS) is 10.6. The molecule has 0 aliphatic heterocycles. The Hall–Kier alpha value is -2.58. The number of hydrogen-bond acceptors (Lipinski definition) is 5. The van der Waals surface area contributed by atoms with Crippen molar-refractivity contribution in [2.75, 3.05) is 5.32 Å². The molecule has 0 fully saturated rings. The van der Waals surface area contributed by atoms with Crippen LogP contribution >= 0.6 is 22.7 Å². The third-order valence-corrected chi connectivity index (χ3v) is 4.96. The summed E-state index contributed by atoms with van der Waals surface area (Å²) in [5.74, 6) is -1.85. The van der Waals surface area contributed by atoms with Crippen LogP contribution in [0.25, 0.3) is 10.6 Å². The van der Waals surface area contributed by atoms with E-state index in [0.717, 1.165) is 16.6 Å². The lowest BCUT2D eigenvalue weighted by atomic mass is 10.1. The van der Waals surface area contributed by atoms with Gasteiger partial charge in [-0.2, -0.15) is 11.3 Å². The molecule has 0 unspecified atom stereocenters. The van der Waals surface area contributed by atoms with E-state index in [9.17, 15) is 14.0 Å². The quantitative estimate of drug-likeness (QED) is 0.743. The first-order valence-electron chi connectivity index (χ1n) is 6.85. The lowest BCUT2D eigenvalue weighted by Gasteiger charge is -2.09. The van der Waals surface area contributed by atoms with E-state index in [1.54, 1.807) is 16.7 Å². The van der Waals surface area contributed by atoms with Gasteiger partial charge in [-0.25, -0.2) is 9.37 Å². The zero-order chi connectivity index (χ0) is 17.3. The van der Waals surface area contributed by atoms with E-state index in [1.807, 2.05) is 16.8 Å². The number of thiazole rings is 1. The van der Waals surface area contributed by atoms with Gasteiger partial charge in [-0.05, 0) is 30.5 Å². The van der Waals surface area contributed by atoms with Crippen molar-refractivity contribution >= 4 is 40.2 Å². The molecule has 0 saturated carbocycles. The Kier molecular flexibility index (Phi) is 4.41. The molecule has 2 aromatic heterocycles. The average Bonchev–Trinajstić information content (AvgIpc) is 3.21. The van der Waals surface area contributed by atoms with E-state index >= 15 is 0 Å². The van der Waals surface area contributed by atoms with Crippen LogP contribution in [0.1, 0.15) is 26.4 Å². The monoisotopic (exact) mass is 361 g/mol. The molecule has 0 atom stereocenters. The van der Waals surface area contributed by atoms with Crippen molar-refractivity contribution in [3.05, 3.63) is 57.0 Å². The fourth-order valence-corrected chi connectivity index (χ4v) is 3.55. The van der Waals surface area contributed by atoms with Crippen molar-refractivity contribution in [2.24, 2.45) is 5.73 Å². The zero-order valence-electron chi connectivity index (χ0n) is 12.5. The molecular weight excluding hydrogens is 349 g/mol. The SMILES string of the molecule is Cc1c(F)cc(C(N)=O)cc1NC(=O)c1csc(-c2ccsc2)n1. The highest BCUT2D eigenvalue weighted by Gasteiger charge is 2.16. The molecule has 0 aliphatic rings. The number of rotatable bonds is 4. The molecule has 0 radical (unpaired) electrons. The molecule has 5 nitrogen and oxygen atoms in total. The van der Waals surface area contributed by atoms with Gasteiger partial charge in [-0.15, -0.1) is 11.3 Å². The maximum absolute atomic E-state index is 13.9. The first kappa shape index (κ1) is 16.3. The van der Waals surface area contributed by atoms with Crippen LogP contribution in [-0.2, 0) is 0 Å². The number of nitrogens with zero attached hydrogens (tertiary/aromatic N) is 1. The number of nitrogens with one attached hydrogen (secondary N) is 1. The molecule has 3 aromatic rings. The van der Waals surface area contributed by atoms with Crippen molar-refractivity contribution in [1.82, 2.24) is 4.98 Å². The summed E-state index contributed by atoms with van der Waals surface area (Å²) in [6.07, 6.45) is 0. The molecule has 24 heavy (non-hydrogen) atoms. The molecule has 1 aromatic carbocycles. The number of carbonyl (C=O) groups excluding carboxylic acids is 2. The molecular formula is C16H12FN3O2S2. The smallest absolute Gasteiger partial charge is 0.275 e. The van der Waals surface area contributed by atoms with Gasteiger partial charge in [0.1, 0.15) is 16.5 Å². The van der Waals surface area contributed by atoms with Crippen molar-refractivity contribution in [3.63, 3.8) is 0 Å². The van der Waals surface area contributed by atoms with Crippen LogP contribution in [0.15, 0.2) is 34.3 Å². The predicted molar refractivity (Wildman–Crippen MR) is 93.0 cm³/mol. The van der Waals surface area contributed by atoms with E-state index in [1.165, 1.54) is 24.3 Å². The molecule has 0 aliphatic carbocycles. The van der Waals surface area contributed by atoms with Crippen molar-refractivity contribution in [2.45, 2.75) is 6.92 Å². The van der Waals surface area contributed by atoms with Crippen molar-refractivity contribution in [1.29, 1.82) is 0 Å². The van der Waals surface area contributed by atoms with Gasteiger partial charge in [-0.3, -0.25) is 9.59 Å². The van der Waals surface area contributed by atoms with Gasteiger partial charge in [-0.1, -0.05) is 0 Å². The highest BCUT2D eigenvalue weighted by atomic mass is 32.1. The largest absolute Gasteiger partial charge is 0.366 e. The number of anilines is 1. The molecule has 122 valence electrons. The summed E-state index contributed by atoms with van der Waals surface area (Å²) in [5.41, 5.74) is 6.76. The first-order chi connectivity index (χ1) is 11.5. The number of nitrogens with two attached hydrogens (primary N) is 1. The van der Waals surface area contributed by atoms with Crippen LogP contribution in [0.3, 0.4) is 0 Å². The van der Waals surface area contributed by atoms with Gasteiger partial charge in [0.2, 0.25) is 5.91 Å². The van der Waals surface area contributed by atoms with Crippen LogP contribution in [0.2, 0.25) is 0 Å². The minimum absolute atomic E-state index is 0.00867. The second-order valence-electron chi connectivity index (χ2n) is 5.00. The van der Waals surface area contributed by atoms with Gasteiger partial charge in [0.05, 0.1) is 0 Å². The summed E-state index contributed by atoms with van der Waals surface area (Å²) >= 11 is 2.89. The van der Waals surface area contributed by atoms with E-state index in [4.69, 9.17) is 5.73 Å². The van der Waals surface area contributed by atoms with E-state index < -0.39 is 17.6 Å². The van der Waals surface area contributed by atoms with E-state index in [2.05, 4.69) is 10.3 Å². The van der Waals surface area contributed by atoms with Gasteiger partial charge in [0, 0.05) is 33.1 Å². The predicted octanol–water partition coefficient (Wildman–Crippen LogP) is 3.67. The highest BCUT2D eigenvalue weighted by Crippen LogP contribution is 2.27. The summed E-state index contributed by atoms with van der Waals surface area (Å²) < 4.78 is 13.9. The number of amides is 2. The summed E-state index contributed by atoms with van der Waals surface area (Å²) in [4.78, 5) is 27.9. The molecule has 0 spiro atoms. The number of thiophene rings is 1. The fourth-order valence-electron chi connectivity index (χ4n) is 2.03. The Morgan fingerprint density at radius 3 is 2.75 bits per heavy atom. The second kappa shape index (κ2) is 6.50. The third kappa shape index (κ3) is 3.19. The van der Waals surface area contributed by atoms with E-state index in [-0.39, 0.29) is 22.5 Å². The lowest BCUT2D eigenvalue weighted by Crippen LogP contribution is -2.16. The van der Waals surface area contributed by atoms with Crippen molar-refractivity contribution < 1.29 is 14.0 Å². The summed E-state index contributed by atoms with van der Waals surface area (Å²) in [6.45, 7) is 1.51. The Balaban J connectivity index is 1.86. The first-order valence-corrected chi connectivity index (χ1v) is 8.67. The zero-order valence-corrected chi connectivity index (χ0v) is 14.1. The Labute approximate surface area is 145 Å². The van der Waals surface area contributed by atoms with Crippen molar-refractivity contribution in [3.8, 4) is 10.6 Å². The van der Waals surface area contributed by atoms with Crippen LogP contribution in [0.5, 0.6) is 0 Å². The van der Waals surface area contributed by atoms with Gasteiger partial charge in [0.15, 0.2) is 0 Å². The number of benzene rings is 1. The topological polar surface area (TPSA) is 85.1 Å². The van der Waals surface area contributed by atoms with Crippen LogP contribution in [0.4, 0.5) is 10.1 Å². The third-order valence-electron chi connectivity index (χ3n) is 3.38. The number of aromatic nitrogens is 1. The average molecular weight is 361 g/mol. The van der Waals surface area contributed by atoms with Crippen LogP contribution < -0.4 is 11.1 Å². The molecule has 2 amide bonds. The minimum atomic E-state index is -0.766. The molecule has 0 bridgehead atoms.